The summed E-state index contributed by atoms with van der Waals surface area (Å²) in [5, 5.41) is 6.13. The summed E-state index contributed by atoms with van der Waals surface area (Å²) in [5.74, 6) is 0.765. The Balaban J connectivity index is 1.68. The summed E-state index contributed by atoms with van der Waals surface area (Å²) in [6.45, 7) is 0.735. The van der Waals surface area contributed by atoms with Crippen LogP contribution in [0.5, 0.6) is 0 Å². The molecule has 0 aliphatic heterocycles. The second kappa shape index (κ2) is 5.59. The number of fused-ring (bicyclic) bond motifs is 3. The van der Waals surface area contributed by atoms with E-state index in [0.717, 1.165) is 40.7 Å². The highest BCUT2D eigenvalue weighted by molar-refractivity contribution is 6.06. The van der Waals surface area contributed by atoms with E-state index in [1.54, 1.807) is 10.9 Å². The molecular formula is C18H21N3O. The normalized spacial score (nSPS) is 16.5. The number of para-hydroxylation sites is 1. The monoisotopic (exact) mass is 295 g/mol. The molecule has 22 heavy (non-hydrogen) atoms. The van der Waals surface area contributed by atoms with Gasteiger partial charge in [-0.2, -0.15) is 5.10 Å². The summed E-state index contributed by atoms with van der Waals surface area (Å²) in [5.41, 5.74) is 1.87. The summed E-state index contributed by atoms with van der Waals surface area (Å²) >= 11 is 0. The fraction of sp³-hybridized carbons (Fsp3) is 0.444. The van der Waals surface area contributed by atoms with Gasteiger partial charge in [0.2, 0.25) is 0 Å². The topological polar surface area (TPSA) is 50.7 Å². The highest BCUT2D eigenvalue weighted by Gasteiger charge is 2.15. The first-order valence-corrected chi connectivity index (χ1v) is 8.29. The summed E-state index contributed by atoms with van der Waals surface area (Å²) in [4.78, 5) is 16.0. The van der Waals surface area contributed by atoms with Crippen molar-refractivity contribution in [3.63, 3.8) is 0 Å². The molecule has 0 unspecified atom stereocenters. The zero-order valence-corrected chi connectivity index (χ0v) is 12.7. The van der Waals surface area contributed by atoms with E-state index >= 15 is 0 Å². The minimum Gasteiger partial charge on any atom is -0.353 e. The number of hydrogen-bond acceptors (Lipinski definition) is 2. The number of nitrogens with zero attached hydrogens (tertiary/aromatic N) is 2. The molecule has 4 heteroatoms. The van der Waals surface area contributed by atoms with Crippen LogP contribution in [-0.2, 0) is 6.54 Å². The Bertz CT molecular complexity index is 856. The van der Waals surface area contributed by atoms with E-state index in [1.165, 1.54) is 32.1 Å². The maximum absolute atomic E-state index is 12.8. The highest BCUT2D eigenvalue weighted by Crippen LogP contribution is 2.26. The van der Waals surface area contributed by atoms with Crippen molar-refractivity contribution in [2.75, 3.05) is 0 Å². The lowest BCUT2D eigenvalue weighted by atomic mass is 9.87. The molecule has 1 aromatic carbocycles. The zero-order chi connectivity index (χ0) is 14.9. The number of aromatic amines is 1. The van der Waals surface area contributed by atoms with Crippen LogP contribution in [0, 0.1) is 5.92 Å². The van der Waals surface area contributed by atoms with Crippen LogP contribution in [-0.4, -0.2) is 14.8 Å². The molecule has 0 radical (unpaired) electrons. The fourth-order valence-electron chi connectivity index (χ4n) is 3.74. The molecule has 0 bridgehead atoms. The summed E-state index contributed by atoms with van der Waals surface area (Å²) < 4.78 is 1.65. The first kappa shape index (κ1) is 13.6. The standard InChI is InChI=1S/C18H21N3O/c22-18-17-14-8-4-5-9-15(14)20-16(17)12-19-21(18)11-10-13-6-2-1-3-7-13/h4-5,8-9,12-13,20H,1-3,6-7,10-11H2. The fourth-order valence-corrected chi connectivity index (χ4v) is 3.74. The summed E-state index contributed by atoms with van der Waals surface area (Å²) in [7, 11) is 0. The Labute approximate surface area is 129 Å². The molecule has 1 saturated carbocycles. The van der Waals surface area contributed by atoms with Crippen molar-refractivity contribution < 1.29 is 0 Å². The molecule has 1 aliphatic carbocycles. The van der Waals surface area contributed by atoms with Crippen LogP contribution in [0.4, 0.5) is 0 Å². The lowest BCUT2D eigenvalue weighted by molar-refractivity contribution is 0.316. The first-order chi connectivity index (χ1) is 10.8. The third-order valence-electron chi connectivity index (χ3n) is 4.98. The largest absolute Gasteiger partial charge is 0.353 e. The third-order valence-corrected chi connectivity index (χ3v) is 4.98. The van der Waals surface area contributed by atoms with E-state index in [2.05, 4.69) is 10.1 Å². The van der Waals surface area contributed by atoms with Crippen LogP contribution in [0.15, 0.2) is 35.3 Å². The SMILES string of the molecule is O=c1c2c(cnn1CCC1CCCCC1)[nH]c1ccccc12. The number of benzene rings is 1. The van der Waals surface area contributed by atoms with Gasteiger partial charge in [0.15, 0.2) is 0 Å². The Morgan fingerprint density at radius 2 is 1.95 bits per heavy atom. The molecule has 0 spiro atoms. The minimum absolute atomic E-state index is 0.0331. The van der Waals surface area contributed by atoms with Gasteiger partial charge in [-0.1, -0.05) is 50.3 Å². The van der Waals surface area contributed by atoms with Crippen LogP contribution in [0.2, 0.25) is 0 Å². The average molecular weight is 295 g/mol. The lowest BCUT2D eigenvalue weighted by Crippen LogP contribution is -2.24. The molecule has 0 saturated heterocycles. The van der Waals surface area contributed by atoms with E-state index in [4.69, 9.17) is 0 Å². The highest BCUT2D eigenvalue weighted by atomic mass is 16.1. The summed E-state index contributed by atoms with van der Waals surface area (Å²) in [6.07, 6.45) is 9.53. The van der Waals surface area contributed by atoms with Crippen LogP contribution in [0.25, 0.3) is 21.8 Å². The quantitative estimate of drug-likeness (QED) is 0.798. The number of H-pyrrole nitrogens is 1. The molecule has 1 fully saturated rings. The Kier molecular flexibility index (Phi) is 3.45. The van der Waals surface area contributed by atoms with Crippen molar-refractivity contribution in [1.82, 2.24) is 14.8 Å². The van der Waals surface area contributed by atoms with Gasteiger partial charge >= 0.3 is 0 Å². The van der Waals surface area contributed by atoms with Gasteiger partial charge in [-0.3, -0.25) is 4.79 Å². The average Bonchev–Trinajstić information content (AvgIpc) is 2.94. The molecule has 114 valence electrons. The van der Waals surface area contributed by atoms with Crippen LogP contribution >= 0.6 is 0 Å². The first-order valence-electron chi connectivity index (χ1n) is 8.29. The molecule has 4 nitrogen and oxygen atoms in total. The van der Waals surface area contributed by atoms with Crippen LogP contribution in [0.3, 0.4) is 0 Å². The maximum atomic E-state index is 12.8. The molecule has 1 aliphatic rings. The van der Waals surface area contributed by atoms with Crippen molar-refractivity contribution in [1.29, 1.82) is 0 Å². The smallest absolute Gasteiger partial charge is 0.276 e. The van der Waals surface area contributed by atoms with E-state index < -0.39 is 0 Å². The van der Waals surface area contributed by atoms with Gasteiger partial charge in [0.1, 0.15) is 0 Å². The number of aryl methyl sites for hydroxylation is 1. The van der Waals surface area contributed by atoms with Gasteiger partial charge in [0, 0.05) is 17.4 Å². The number of nitrogens with one attached hydrogen (secondary N) is 1. The van der Waals surface area contributed by atoms with Gasteiger partial charge in [-0.25, -0.2) is 4.68 Å². The Morgan fingerprint density at radius 1 is 1.14 bits per heavy atom. The number of aromatic nitrogens is 3. The van der Waals surface area contributed by atoms with E-state index in [0.29, 0.717) is 0 Å². The van der Waals surface area contributed by atoms with Crippen molar-refractivity contribution in [3.8, 4) is 0 Å². The van der Waals surface area contributed by atoms with Gasteiger partial charge in [0.25, 0.3) is 5.56 Å². The summed E-state index contributed by atoms with van der Waals surface area (Å²) in [6, 6.07) is 7.96. The predicted octanol–water partition coefficient (Wildman–Crippen LogP) is 3.85. The van der Waals surface area contributed by atoms with Crippen molar-refractivity contribution in [3.05, 3.63) is 40.8 Å². The second-order valence-corrected chi connectivity index (χ2v) is 6.42. The predicted molar refractivity (Wildman–Crippen MR) is 89.1 cm³/mol. The number of hydrogen-bond donors (Lipinski definition) is 1. The van der Waals surface area contributed by atoms with Gasteiger partial charge in [0.05, 0.1) is 17.1 Å². The molecule has 2 heterocycles. The zero-order valence-electron chi connectivity index (χ0n) is 12.7. The van der Waals surface area contributed by atoms with Gasteiger partial charge in [-0.15, -0.1) is 0 Å². The van der Waals surface area contributed by atoms with Crippen LogP contribution in [0.1, 0.15) is 38.5 Å². The third kappa shape index (κ3) is 2.32. The molecule has 0 atom stereocenters. The molecule has 1 N–H and O–H groups in total. The molecule has 2 aromatic heterocycles. The van der Waals surface area contributed by atoms with Gasteiger partial charge in [-0.05, 0) is 18.4 Å². The number of rotatable bonds is 3. The Hall–Kier alpha value is -2.10. The second-order valence-electron chi connectivity index (χ2n) is 6.42. The maximum Gasteiger partial charge on any atom is 0.276 e. The van der Waals surface area contributed by atoms with E-state index in [-0.39, 0.29) is 5.56 Å². The van der Waals surface area contributed by atoms with Crippen molar-refractivity contribution >= 4 is 21.8 Å². The van der Waals surface area contributed by atoms with E-state index in [1.807, 2.05) is 24.3 Å². The minimum atomic E-state index is 0.0331. The van der Waals surface area contributed by atoms with Crippen molar-refractivity contribution in [2.24, 2.45) is 5.92 Å². The Morgan fingerprint density at radius 3 is 2.82 bits per heavy atom. The molecule has 0 amide bonds. The molecule has 3 aromatic rings. The lowest BCUT2D eigenvalue weighted by Gasteiger charge is -2.21. The van der Waals surface area contributed by atoms with Crippen molar-refractivity contribution in [2.45, 2.75) is 45.1 Å². The molecular weight excluding hydrogens is 274 g/mol. The van der Waals surface area contributed by atoms with Crippen LogP contribution < -0.4 is 5.56 Å². The van der Waals surface area contributed by atoms with E-state index in [9.17, 15) is 4.79 Å². The molecule has 4 rings (SSSR count). The van der Waals surface area contributed by atoms with Gasteiger partial charge < -0.3 is 4.98 Å².